The third kappa shape index (κ3) is 19.5. The first-order valence-electron chi connectivity index (χ1n) is 9.54. The van der Waals surface area contributed by atoms with Gasteiger partial charge in [0.1, 0.15) is 11.6 Å². The molecule has 0 aliphatic carbocycles. The van der Waals surface area contributed by atoms with Gasteiger partial charge in [-0.3, -0.25) is 9.59 Å². The van der Waals surface area contributed by atoms with Gasteiger partial charge in [-0.1, -0.05) is 59.3 Å². The van der Waals surface area contributed by atoms with Crippen molar-refractivity contribution in [3.8, 4) is 0 Å². The second-order valence-electron chi connectivity index (χ2n) is 6.36. The van der Waals surface area contributed by atoms with Crippen LogP contribution in [0.25, 0.3) is 0 Å². The molecular formula is C20H35AlO7. The van der Waals surface area contributed by atoms with Crippen molar-refractivity contribution >= 4 is 40.9 Å². The zero-order valence-electron chi connectivity index (χ0n) is 18.1. The Kier molecular flexibility index (Phi) is 27.0. The summed E-state index contributed by atoms with van der Waals surface area (Å²) < 4.78 is 0. The van der Waals surface area contributed by atoms with Crippen LogP contribution in [0.15, 0.2) is 0 Å². The van der Waals surface area contributed by atoms with E-state index >= 15 is 0 Å². The predicted molar refractivity (Wildman–Crippen MR) is 103 cm³/mol. The van der Waals surface area contributed by atoms with Gasteiger partial charge in [-0.25, -0.2) is 0 Å². The van der Waals surface area contributed by atoms with E-state index in [1.165, 1.54) is 26.7 Å². The Balaban J connectivity index is -0.000000152. The molecule has 0 amide bonds. The predicted octanol–water partition coefficient (Wildman–Crippen LogP) is -0.115. The first-order valence-corrected chi connectivity index (χ1v) is 9.54. The number of Topliss-reactive ketones (excluding diaryl/α,β-unsaturated/α-hetero) is 2. The molecule has 0 N–H and O–H groups in total. The molecule has 0 radical (unpaired) electrons. The van der Waals surface area contributed by atoms with Crippen molar-refractivity contribution in [2.45, 2.75) is 80.1 Å². The van der Waals surface area contributed by atoms with E-state index in [0.29, 0.717) is 18.8 Å². The van der Waals surface area contributed by atoms with Crippen molar-refractivity contribution in [1.29, 1.82) is 0 Å². The Labute approximate surface area is 180 Å². The van der Waals surface area contributed by atoms with Gasteiger partial charge in [0.15, 0.2) is 0 Å². The molecule has 0 saturated heterocycles. The molecule has 7 nitrogen and oxygen atoms in total. The quantitative estimate of drug-likeness (QED) is 0.339. The normalized spacial score (nSPS) is 12.5. The molecule has 0 spiro atoms. The zero-order chi connectivity index (χ0) is 22.0. The number of carboxylic acid groups (broad SMARTS) is 2. The summed E-state index contributed by atoms with van der Waals surface area (Å²) in [6.45, 7) is 10.2. The molecule has 3 atom stereocenters. The summed E-state index contributed by atoms with van der Waals surface area (Å²) in [4.78, 5) is 40.9. The summed E-state index contributed by atoms with van der Waals surface area (Å²) in [6, 6.07) is 0. The molecule has 0 aromatic rings. The van der Waals surface area contributed by atoms with Crippen LogP contribution in [0.3, 0.4) is 0 Å². The molecule has 3 unspecified atom stereocenters. The SMILES string of the molecule is CCC(C(C)=O)C(=O)[O-].CCC(C(C)=O)C(=O)[O-].CCCCC(CC)C[O-].[Al+3]. The van der Waals surface area contributed by atoms with Gasteiger partial charge in [-0.2, -0.15) is 0 Å². The maximum Gasteiger partial charge on any atom is 3.00 e. The van der Waals surface area contributed by atoms with Gasteiger partial charge >= 0.3 is 17.4 Å². The molecule has 8 heteroatoms. The molecule has 0 aromatic heterocycles. The van der Waals surface area contributed by atoms with Crippen LogP contribution >= 0.6 is 0 Å². The van der Waals surface area contributed by atoms with E-state index in [-0.39, 0.29) is 35.5 Å². The number of hydrogen-bond donors (Lipinski definition) is 0. The average Bonchev–Trinajstić information content (AvgIpc) is 2.57. The van der Waals surface area contributed by atoms with E-state index < -0.39 is 23.8 Å². The van der Waals surface area contributed by atoms with Crippen LogP contribution < -0.4 is 15.3 Å². The third-order valence-electron chi connectivity index (χ3n) is 4.15. The number of carbonyl (C=O) groups is 4. The molecule has 0 aromatic carbocycles. The van der Waals surface area contributed by atoms with Gasteiger partial charge in [0.05, 0.1) is 23.8 Å². The van der Waals surface area contributed by atoms with Crippen LogP contribution in [-0.4, -0.2) is 47.5 Å². The first-order chi connectivity index (χ1) is 12.5. The van der Waals surface area contributed by atoms with E-state index in [0.717, 1.165) is 12.8 Å². The Morgan fingerprint density at radius 1 is 0.750 bits per heavy atom. The smallest absolute Gasteiger partial charge is 0.854 e. The average molecular weight is 414 g/mol. The van der Waals surface area contributed by atoms with Gasteiger partial charge in [-0.05, 0) is 26.7 Å². The summed E-state index contributed by atoms with van der Waals surface area (Å²) >= 11 is 0. The number of aliphatic carboxylic acids is 2. The van der Waals surface area contributed by atoms with Gasteiger partial charge in [0.2, 0.25) is 0 Å². The summed E-state index contributed by atoms with van der Waals surface area (Å²) in [5.74, 6) is -4.59. The van der Waals surface area contributed by atoms with Crippen LogP contribution in [0.2, 0.25) is 0 Å². The fourth-order valence-electron chi connectivity index (χ4n) is 2.14. The molecule has 0 bridgehead atoms. The second-order valence-corrected chi connectivity index (χ2v) is 6.36. The van der Waals surface area contributed by atoms with Gasteiger partial charge in [-0.15, -0.1) is 6.61 Å². The number of ketones is 2. The minimum atomic E-state index is -1.27. The molecule has 0 fully saturated rings. The van der Waals surface area contributed by atoms with Gasteiger partial charge < -0.3 is 24.9 Å². The van der Waals surface area contributed by atoms with E-state index in [9.17, 15) is 34.5 Å². The Morgan fingerprint density at radius 2 is 1.11 bits per heavy atom. The summed E-state index contributed by atoms with van der Waals surface area (Å²) in [6.07, 6.45) is 5.27. The van der Waals surface area contributed by atoms with Gasteiger partial charge in [0.25, 0.3) is 0 Å². The fourth-order valence-corrected chi connectivity index (χ4v) is 2.14. The van der Waals surface area contributed by atoms with E-state index in [1.54, 1.807) is 13.8 Å². The summed E-state index contributed by atoms with van der Waals surface area (Å²) in [5.41, 5.74) is 0. The molecule has 0 saturated carbocycles. The summed E-state index contributed by atoms with van der Waals surface area (Å²) in [5, 5.41) is 30.4. The van der Waals surface area contributed by atoms with E-state index in [1.807, 2.05) is 0 Å². The van der Waals surface area contributed by atoms with E-state index in [2.05, 4.69) is 13.8 Å². The molecule has 28 heavy (non-hydrogen) atoms. The van der Waals surface area contributed by atoms with Crippen LogP contribution in [0.4, 0.5) is 0 Å². The molecule has 160 valence electrons. The Hall–Kier alpha value is -1.23. The first kappa shape index (κ1) is 34.3. The largest absolute Gasteiger partial charge is 3.00 e. The van der Waals surface area contributed by atoms with Crippen molar-refractivity contribution in [2.75, 3.05) is 6.61 Å². The third-order valence-corrected chi connectivity index (χ3v) is 4.15. The standard InChI is InChI=1S/C8H17O.2C6H10O3.Al/c1-3-5-6-8(4-2)7-9;2*1-3-5(4(2)7)6(8)9;/h8H,3-7H2,1-2H3;2*5H,3H2,1-2H3,(H,8,9);/q-1;;;+3/p-2. The molecular weight excluding hydrogens is 379 g/mol. The zero-order valence-corrected chi connectivity index (χ0v) is 19.3. The van der Waals surface area contributed by atoms with Crippen LogP contribution in [0, 0.1) is 17.8 Å². The second kappa shape index (κ2) is 22.1. The monoisotopic (exact) mass is 414 g/mol. The number of carboxylic acids is 2. The van der Waals surface area contributed by atoms with Gasteiger partial charge in [0, 0.05) is 0 Å². The van der Waals surface area contributed by atoms with Crippen LogP contribution in [-0.2, 0) is 19.2 Å². The maximum atomic E-state index is 10.4. The molecule has 0 rings (SSSR count). The maximum absolute atomic E-state index is 10.4. The minimum Gasteiger partial charge on any atom is -0.854 e. The molecule has 0 aliphatic rings. The number of carbonyl (C=O) groups excluding carboxylic acids is 4. The number of hydrogen-bond acceptors (Lipinski definition) is 7. The number of unbranched alkanes of at least 4 members (excludes halogenated alkanes) is 1. The van der Waals surface area contributed by atoms with Crippen LogP contribution in [0.1, 0.15) is 80.1 Å². The molecule has 0 heterocycles. The summed E-state index contributed by atoms with van der Waals surface area (Å²) in [7, 11) is 0. The van der Waals surface area contributed by atoms with Crippen molar-refractivity contribution in [2.24, 2.45) is 17.8 Å². The van der Waals surface area contributed by atoms with E-state index in [4.69, 9.17) is 0 Å². The fraction of sp³-hybridized carbons (Fsp3) is 0.800. The Bertz CT molecular complexity index is 374. The number of rotatable bonds is 11. The topological polar surface area (TPSA) is 137 Å². The van der Waals surface area contributed by atoms with Crippen molar-refractivity contribution in [3.63, 3.8) is 0 Å². The Morgan fingerprint density at radius 3 is 1.21 bits per heavy atom. The van der Waals surface area contributed by atoms with Crippen molar-refractivity contribution in [3.05, 3.63) is 0 Å². The van der Waals surface area contributed by atoms with Crippen LogP contribution in [0.5, 0.6) is 0 Å². The van der Waals surface area contributed by atoms with Crippen molar-refractivity contribution in [1.82, 2.24) is 0 Å². The molecule has 0 aliphatic heterocycles. The minimum absolute atomic E-state index is 0. The van der Waals surface area contributed by atoms with Crippen molar-refractivity contribution < 1.29 is 34.5 Å².